The van der Waals surface area contributed by atoms with Gasteiger partial charge in [-0.2, -0.15) is 0 Å². The van der Waals surface area contributed by atoms with Gasteiger partial charge in [-0.1, -0.05) is 24.6 Å². The van der Waals surface area contributed by atoms with E-state index in [1.807, 2.05) is 45.0 Å². The predicted molar refractivity (Wildman–Crippen MR) is 122 cm³/mol. The lowest BCUT2D eigenvalue weighted by Crippen LogP contribution is -2.40. The molecule has 1 heterocycles. The summed E-state index contributed by atoms with van der Waals surface area (Å²) in [7, 11) is 0. The van der Waals surface area contributed by atoms with E-state index in [0.717, 1.165) is 39.1 Å². The number of nitrogens with one attached hydrogen (secondary N) is 1. The van der Waals surface area contributed by atoms with Gasteiger partial charge in [0.1, 0.15) is 0 Å². The number of likely N-dealkylation sites (N-methyl/N-ethyl adjacent to an activating group) is 1. The molecule has 4 nitrogen and oxygen atoms in total. The standard InChI is InChI=1S/C22H27ClN2O2S/c1-5-25(13-22(3,4)27)11-10-24-17-9-6-14(2)21-19(17)20(26)16-8-7-15(23)12-18(16)28-21/h6-9,12,24,27H,5,10-11,13H2,1-4H3. The third kappa shape index (κ3) is 4.66. The van der Waals surface area contributed by atoms with Gasteiger partial charge in [0.15, 0.2) is 5.43 Å². The van der Waals surface area contributed by atoms with E-state index in [9.17, 15) is 9.90 Å². The first kappa shape index (κ1) is 21.1. The fraction of sp³-hybridized carbons (Fsp3) is 0.409. The van der Waals surface area contributed by atoms with Gasteiger partial charge in [0.2, 0.25) is 0 Å². The lowest BCUT2D eigenvalue weighted by Gasteiger charge is -2.28. The van der Waals surface area contributed by atoms with Crippen LogP contribution in [-0.2, 0) is 0 Å². The molecule has 28 heavy (non-hydrogen) atoms. The van der Waals surface area contributed by atoms with Crippen molar-refractivity contribution in [3.63, 3.8) is 0 Å². The lowest BCUT2D eigenvalue weighted by molar-refractivity contribution is 0.0392. The van der Waals surface area contributed by atoms with Crippen molar-refractivity contribution in [1.29, 1.82) is 0 Å². The quantitative estimate of drug-likeness (QED) is 0.537. The maximum absolute atomic E-state index is 13.2. The Balaban J connectivity index is 1.93. The number of halogens is 1. The van der Waals surface area contributed by atoms with Gasteiger partial charge in [0.25, 0.3) is 0 Å². The summed E-state index contributed by atoms with van der Waals surface area (Å²) in [5, 5.41) is 15.6. The highest BCUT2D eigenvalue weighted by atomic mass is 35.5. The van der Waals surface area contributed by atoms with Crippen LogP contribution in [-0.4, -0.2) is 41.8 Å². The second-order valence-electron chi connectivity index (χ2n) is 7.81. The summed E-state index contributed by atoms with van der Waals surface area (Å²) in [6.45, 7) is 10.7. The second-order valence-corrected chi connectivity index (χ2v) is 9.30. The van der Waals surface area contributed by atoms with Crippen molar-refractivity contribution < 1.29 is 5.11 Å². The summed E-state index contributed by atoms with van der Waals surface area (Å²) in [5.74, 6) is 0. The lowest BCUT2D eigenvalue weighted by atomic mass is 10.1. The number of aryl methyl sites for hydroxylation is 1. The smallest absolute Gasteiger partial charge is 0.197 e. The Bertz CT molecular complexity index is 1060. The van der Waals surface area contributed by atoms with Gasteiger partial charge in [-0.05, 0) is 57.1 Å². The van der Waals surface area contributed by atoms with Crippen LogP contribution in [0.5, 0.6) is 0 Å². The van der Waals surface area contributed by atoms with E-state index in [2.05, 4.69) is 17.1 Å². The fourth-order valence-electron chi connectivity index (χ4n) is 3.45. The number of benzene rings is 2. The van der Waals surface area contributed by atoms with Gasteiger partial charge in [0, 0.05) is 45.1 Å². The monoisotopic (exact) mass is 418 g/mol. The molecule has 0 saturated carbocycles. The van der Waals surface area contributed by atoms with Crippen LogP contribution >= 0.6 is 22.9 Å². The molecule has 6 heteroatoms. The first-order valence-electron chi connectivity index (χ1n) is 9.54. The van der Waals surface area contributed by atoms with E-state index in [1.165, 1.54) is 0 Å². The van der Waals surface area contributed by atoms with Crippen molar-refractivity contribution in [2.75, 3.05) is 31.5 Å². The van der Waals surface area contributed by atoms with Crippen LogP contribution in [0.15, 0.2) is 35.1 Å². The number of anilines is 1. The van der Waals surface area contributed by atoms with Crippen LogP contribution in [0.3, 0.4) is 0 Å². The molecule has 0 unspecified atom stereocenters. The van der Waals surface area contributed by atoms with E-state index in [4.69, 9.17) is 11.6 Å². The number of fused-ring (bicyclic) bond motifs is 2. The van der Waals surface area contributed by atoms with Gasteiger partial charge < -0.3 is 10.4 Å². The molecule has 0 atom stereocenters. The zero-order valence-corrected chi connectivity index (χ0v) is 18.4. The molecule has 0 radical (unpaired) electrons. The van der Waals surface area contributed by atoms with Crippen molar-refractivity contribution in [3.8, 4) is 0 Å². The topological polar surface area (TPSA) is 52.6 Å². The van der Waals surface area contributed by atoms with Crippen molar-refractivity contribution >= 4 is 48.8 Å². The number of nitrogens with zero attached hydrogens (tertiary/aromatic N) is 1. The summed E-state index contributed by atoms with van der Waals surface area (Å²) in [4.78, 5) is 15.4. The SMILES string of the molecule is CCN(CCNc1ccc(C)c2sc3cc(Cl)ccc3c(=O)c12)CC(C)(C)O. The summed E-state index contributed by atoms with van der Waals surface area (Å²) in [5.41, 5.74) is 1.26. The highest BCUT2D eigenvalue weighted by Crippen LogP contribution is 2.32. The first-order valence-corrected chi connectivity index (χ1v) is 10.7. The number of hydrogen-bond donors (Lipinski definition) is 2. The molecule has 0 bridgehead atoms. The van der Waals surface area contributed by atoms with E-state index < -0.39 is 5.60 Å². The van der Waals surface area contributed by atoms with Crippen LogP contribution < -0.4 is 10.7 Å². The van der Waals surface area contributed by atoms with Gasteiger partial charge in [-0.15, -0.1) is 11.3 Å². The van der Waals surface area contributed by atoms with Crippen molar-refractivity contribution in [2.45, 2.75) is 33.3 Å². The third-order valence-corrected chi connectivity index (χ3v) is 6.31. The van der Waals surface area contributed by atoms with Crippen molar-refractivity contribution in [3.05, 3.63) is 51.1 Å². The Morgan fingerprint density at radius 3 is 2.68 bits per heavy atom. The predicted octanol–water partition coefficient (Wildman–Crippen LogP) is 4.88. The largest absolute Gasteiger partial charge is 0.389 e. The van der Waals surface area contributed by atoms with Gasteiger partial charge in [-0.3, -0.25) is 9.69 Å². The molecule has 0 aliphatic rings. The van der Waals surface area contributed by atoms with E-state index in [-0.39, 0.29) is 5.43 Å². The van der Waals surface area contributed by atoms with Gasteiger partial charge in [0.05, 0.1) is 11.0 Å². The Labute approximate surface area is 174 Å². The van der Waals surface area contributed by atoms with Gasteiger partial charge >= 0.3 is 0 Å². The molecule has 2 aromatic carbocycles. The van der Waals surface area contributed by atoms with E-state index >= 15 is 0 Å². The molecule has 0 fully saturated rings. The molecular formula is C22H27ClN2O2S. The maximum atomic E-state index is 13.2. The summed E-state index contributed by atoms with van der Waals surface area (Å²) >= 11 is 7.73. The molecular weight excluding hydrogens is 392 g/mol. The van der Waals surface area contributed by atoms with Crippen LogP contribution in [0.4, 0.5) is 5.69 Å². The summed E-state index contributed by atoms with van der Waals surface area (Å²) in [6.07, 6.45) is 0. The third-order valence-electron chi connectivity index (χ3n) is 4.78. The Morgan fingerprint density at radius 2 is 2.00 bits per heavy atom. The molecule has 0 aliphatic carbocycles. The normalized spacial score (nSPS) is 12.2. The Hall–Kier alpha value is -1.66. The van der Waals surface area contributed by atoms with E-state index in [0.29, 0.717) is 23.5 Å². The Kier molecular flexibility index (Phi) is 6.30. The molecule has 0 aliphatic heterocycles. The van der Waals surface area contributed by atoms with Crippen LogP contribution in [0.2, 0.25) is 5.02 Å². The average molecular weight is 419 g/mol. The zero-order valence-electron chi connectivity index (χ0n) is 16.8. The summed E-state index contributed by atoms with van der Waals surface area (Å²) in [6, 6.07) is 9.47. The molecule has 0 spiro atoms. The number of aliphatic hydroxyl groups is 1. The maximum Gasteiger partial charge on any atom is 0.197 e. The number of rotatable bonds is 7. The minimum absolute atomic E-state index is 0.0375. The molecule has 3 rings (SSSR count). The minimum Gasteiger partial charge on any atom is -0.389 e. The molecule has 3 aromatic rings. The van der Waals surface area contributed by atoms with Gasteiger partial charge in [-0.25, -0.2) is 0 Å². The van der Waals surface area contributed by atoms with E-state index in [1.54, 1.807) is 17.4 Å². The van der Waals surface area contributed by atoms with Crippen molar-refractivity contribution in [1.82, 2.24) is 4.90 Å². The first-order chi connectivity index (χ1) is 13.2. The van der Waals surface area contributed by atoms with Crippen LogP contribution in [0.25, 0.3) is 20.2 Å². The fourth-order valence-corrected chi connectivity index (χ4v) is 4.90. The highest BCUT2D eigenvalue weighted by Gasteiger charge is 2.17. The molecule has 1 aromatic heterocycles. The average Bonchev–Trinajstić information content (AvgIpc) is 2.61. The zero-order chi connectivity index (χ0) is 20.5. The number of hydrogen-bond acceptors (Lipinski definition) is 5. The molecule has 150 valence electrons. The Morgan fingerprint density at radius 1 is 1.25 bits per heavy atom. The van der Waals surface area contributed by atoms with Crippen LogP contribution in [0, 0.1) is 6.92 Å². The second kappa shape index (κ2) is 8.37. The highest BCUT2D eigenvalue weighted by molar-refractivity contribution is 7.24. The van der Waals surface area contributed by atoms with Crippen LogP contribution in [0.1, 0.15) is 26.3 Å². The van der Waals surface area contributed by atoms with Crippen molar-refractivity contribution in [2.24, 2.45) is 0 Å². The minimum atomic E-state index is -0.726. The molecule has 2 N–H and O–H groups in total. The summed E-state index contributed by atoms with van der Waals surface area (Å²) < 4.78 is 1.90. The molecule has 0 amide bonds. The molecule has 0 saturated heterocycles.